The van der Waals surface area contributed by atoms with Crippen LogP contribution in [0.5, 0.6) is 0 Å². The van der Waals surface area contributed by atoms with Gasteiger partial charge in [0, 0.05) is 23.3 Å². The molecule has 0 aliphatic carbocycles. The smallest absolute Gasteiger partial charge is 0.209 e. The predicted octanol–water partition coefficient (Wildman–Crippen LogP) is 2.73. The maximum Gasteiger partial charge on any atom is 0.209 e. The minimum atomic E-state index is 0.0814. The molecule has 15 heavy (non-hydrogen) atoms. The molecule has 1 aromatic carbocycles. The van der Waals surface area contributed by atoms with Gasteiger partial charge in [-0.05, 0) is 35.9 Å². The Labute approximate surface area is 92.1 Å². The molecule has 0 unspecified atom stereocenters. The van der Waals surface area contributed by atoms with Crippen molar-refractivity contribution < 1.29 is 4.79 Å². The van der Waals surface area contributed by atoms with Crippen molar-refractivity contribution in [2.45, 2.75) is 6.54 Å². The first-order chi connectivity index (χ1) is 7.25. The zero-order chi connectivity index (χ0) is 10.4. The van der Waals surface area contributed by atoms with Crippen molar-refractivity contribution in [3.05, 3.63) is 58.4 Å². The molecule has 2 heterocycles. The van der Waals surface area contributed by atoms with E-state index in [0.29, 0.717) is 5.02 Å². The molecule has 0 saturated heterocycles. The van der Waals surface area contributed by atoms with Crippen LogP contribution in [-0.4, -0.2) is 10.4 Å². The lowest BCUT2D eigenvalue weighted by atomic mass is 9.98. The topological polar surface area (TPSA) is 22.0 Å². The largest absolute Gasteiger partial charge is 0.340 e. The summed E-state index contributed by atoms with van der Waals surface area (Å²) in [6.45, 7) is 0.726. The molecule has 0 saturated carbocycles. The quantitative estimate of drug-likeness (QED) is 0.568. The average molecular weight is 218 g/mol. The molecule has 2 nitrogen and oxygen atoms in total. The first kappa shape index (κ1) is 8.74. The average Bonchev–Trinajstić information content (AvgIpc) is 2.65. The van der Waals surface area contributed by atoms with Crippen LogP contribution in [0, 0.1) is 0 Å². The molecular weight excluding hydrogens is 210 g/mol. The molecule has 0 atom stereocenters. The SMILES string of the molecule is O=C1c2ccc(Cl)cc2Cn2cccc21. The van der Waals surface area contributed by atoms with Crippen molar-refractivity contribution in [3.8, 4) is 0 Å². The fourth-order valence-electron chi connectivity index (χ4n) is 1.99. The lowest BCUT2D eigenvalue weighted by Crippen LogP contribution is -2.19. The summed E-state index contributed by atoms with van der Waals surface area (Å²) in [4.78, 5) is 12.0. The highest BCUT2D eigenvalue weighted by Crippen LogP contribution is 2.25. The second-order valence-electron chi connectivity index (χ2n) is 3.65. The van der Waals surface area contributed by atoms with E-state index in [-0.39, 0.29) is 5.78 Å². The summed E-state index contributed by atoms with van der Waals surface area (Å²) < 4.78 is 1.95. The van der Waals surface area contributed by atoms with E-state index in [1.54, 1.807) is 12.1 Å². The third-order valence-corrected chi connectivity index (χ3v) is 2.95. The second-order valence-corrected chi connectivity index (χ2v) is 4.09. The number of halogens is 1. The van der Waals surface area contributed by atoms with Gasteiger partial charge >= 0.3 is 0 Å². The Hall–Kier alpha value is -1.54. The van der Waals surface area contributed by atoms with Gasteiger partial charge in [0.15, 0.2) is 0 Å². The molecule has 1 aliphatic heterocycles. The summed E-state index contributed by atoms with van der Waals surface area (Å²) in [7, 11) is 0. The van der Waals surface area contributed by atoms with Gasteiger partial charge in [-0.15, -0.1) is 0 Å². The summed E-state index contributed by atoms with van der Waals surface area (Å²) in [6, 6.07) is 9.16. The zero-order valence-corrected chi connectivity index (χ0v) is 8.66. The molecule has 1 aromatic heterocycles. The monoisotopic (exact) mass is 217 g/mol. The van der Waals surface area contributed by atoms with Crippen LogP contribution < -0.4 is 0 Å². The molecule has 0 radical (unpaired) electrons. The van der Waals surface area contributed by atoms with Crippen LogP contribution in [0.1, 0.15) is 21.6 Å². The summed E-state index contributed by atoms with van der Waals surface area (Å²) in [5, 5.41) is 0.678. The van der Waals surface area contributed by atoms with Gasteiger partial charge in [0.05, 0.1) is 5.69 Å². The number of hydrogen-bond acceptors (Lipinski definition) is 1. The number of fused-ring (bicyclic) bond motifs is 2. The number of ketones is 1. The van der Waals surface area contributed by atoms with E-state index in [9.17, 15) is 4.79 Å². The molecular formula is C12H8ClNO. The van der Waals surface area contributed by atoms with Crippen molar-refractivity contribution in [2.75, 3.05) is 0 Å². The Morgan fingerprint density at radius 1 is 1.27 bits per heavy atom. The van der Waals surface area contributed by atoms with Gasteiger partial charge in [-0.3, -0.25) is 4.79 Å². The Balaban J connectivity index is 2.23. The summed E-state index contributed by atoms with van der Waals surface area (Å²) >= 11 is 5.90. The van der Waals surface area contributed by atoms with Crippen LogP contribution in [0.15, 0.2) is 36.5 Å². The number of carbonyl (C=O) groups excluding carboxylic acids is 1. The normalized spacial score (nSPS) is 13.5. The number of aromatic nitrogens is 1. The summed E-state index contributed by atoms with van der Waals surface area (Å²) in [6.07, 6.45) is 1.91. The first-order valence-corrected chi connectivity index (χ1v) is 5.12. The molecule has 0 bridgehead atoms. The molecule has 74 valence electrons. The van der Waals surface area contributed by atoms with Crippen molar-refractivity contribution in [2.24, 2.45) is 0 Å². The number of rotatable bonds is 0. The maximum absolute atomic E-state index is 12.0. The molecule has 0 amide bonds. The highest BCUT2D eigenvalue weighted by molar-refractivity contribution is 6.30. The lowest BCUT2D eigenvalue weighted by Gasteiger charge is -2.18. The predicted molar refractivity (Wildman–Crippen MR) is 58.4 cm³/mol. The fraction of sp³-hybridized carbons (Fsp3) is 0.0833. The molecule has 1 aliphatic rings. The van der Waals surface area contributed by atoms with Crippen LogP contribution >= 0.6 is 11.6 Å². The van der Waals surface area contributed by atoms with Gasteiger partial charge < -0.3 is 4.57 Å². The molecule has 0 spiro atoms. The molecule has 2 aromatic rings. The number of benzene rings is 1. The van der Waals surface area contributed by atoms with Crippen molar-refractivity contribution >= 4 is 17.4 Å². The zero-order valence-electron chi connectivity index (χ0n) is 7.90. The highest BCUT2D eigenvalue weighted by Gasteiger charge is 2.22. The Morgan fingerprint density at radius 2 is 2.13 bits per heavy atom. The molecule has 0 N–H and O–H groups in total. The third kappa shape index (κ3) is 1.22. The van der Waals surface area contributed by atoms with Crippen LogP contribution in [0.3, 0.4) is 0 Å². The van der Waals surface area contributed by atoms with Crippen molar-refractivity contribution in [1.29, 1.82) is 0 Å². The van der Waals surface area contributed by atoms with Gasteiger partial charge in [-0.2, -0.15) is 0 Å². The summed E-state index contributed by atoms with van der Waals surface area (Å²) in [5.74, 6) is 0.0814. The van der Waals surface area contributed by atoms with Gasteiger partial charge in [0.25, 0.3) is 0 Å². The van der Waals surface area contributed by atoms with Crippen molar-refractivity contribution in [1.82, 2.24) is 4.57 Å². The number of nitrogens with zero attached hydrogens (tertiary/aromatic N) is 1. The Kier molecular flexibility index (Phi) is 1.73. The third-order valence-electron chi connectivity index (χ3n) is 2.71. The molecule has 3 heteroatoms. The van der Waals surface area contributed by atoms with E-state index in [0.717, 1.165) is 23.4 Å². The first-order valence-electron chi connectivity index (χ1n) is 4.74. The standard InChI is InChI=1S/C12H8ClNO/c13-9-3-4-10-8(6-9)7-14-5-1-2-11(14)12(10)15/h1-6H,7H2. The van der Waals surface area contributed by atoms with E-state index >= 15 is 0 Å². The molecule has 0 fully saturated rings. The second kappa shape index (κ2) is 2.97. The van der Waals surface area contributed by atoms with Crippen LogP contribution in [-0.2, 0) is 6.54 Å². The van der Waals surface area contributed by atoms with E-state index in [1.165, 1.54) is 0 Å². The van der Waals surface area contributed by atoms with E-state index in [4.69, 9.17) is 11.6 Å². The van der Waals surface area contributed by atoms with E-state index < -0.39 is 0 Å². The lowest BCUT2D eigenvalue weighted by molar-refractivity contribution is 0.102. The van der Waals surface area contributed by atoms with Gasteiger partial charge in [-0.25, -0.2) is 0 Å². The fourth-order valence-corrected chi connectivity index (χ4v) is 2.19. The van der Waals surface area contributed by atoms with Crippen LogP contribution in [0.4, 0.5) is 0 Å². The molecule has 3 rings (SSSR count). The Morgan fingerprint density at radius 3 is 3.00 bits per heavy atom. The van der Waals surface area contributed by atoms with Gasteiger partial charge in [-0.1, -0.05) is 11.6 Å². The van der Waals surface area contributed by atoms with Crippen LogP contribution in [0.25, 0.3) is 0 Å². The maximum atomic E-state index is 12.0. The van der Waals surface area contributed by atoms with E-state index in [1.807, 2.05) is 29.0 Å². The van der Waals surface area contributed by atoms with E-state index in [2.05, 4.69) is 0 Å². The van der Waals surface area contributed by atoms with Gasteiger partial charge in [0.1, 0.15) is 0 Å². The van der Waals surface area contributed by atoms with Crippen LogP contribution in [0.2, 0.25) is 5.02 Å². The number of carbonyl (C=O) groups is 1. The summed E-state index contributed by atoms with van der Waals surface area (Å²) in [5.41, 5.74) is 2.52. The van der Waals surface area contributed by atoms with Gasteiger partial charge in [0.2, 0.25) is 5.78 Å². The Bertz CT molecular complexity index is 556. The minimum Gasteiger partial charge on any atom is -0.340 e. The van der Waals surface area contributed by atoms with Crippen molar-refractivity contribution in [3.63, 3.8) is 0 Å². The minimum absolute atomic E-state index is 0.0814. The highest BCUT2D eigenvalue weighted by atomic mass is 35.5. The number of hydrogen-bond donors (Lipinski definition) is 0.